The van der Waals surface area contributed by atoms with Crippen LogP contribution in [0.15, 0.2) is 15.9 Å². The molecule has 2 unspecified atom stereocenters. The number of hydrogen-bond acceptors (Lipinski definition) is 4. The average Bonchev–Trinajstić information content (AvgIpc) is 2.75. The molecular weight excluding hydrogens is 322 g/mol. The average molecular weight is 348 g/mol. The van der Waals surface area contributed by atoms with E-state index in [0.717, 1.165) is 19.5 Å². The molecule has 0 amide bonds. The molecule has 1 aromatic heterocycles. The number of nitrogens with zero attached hydrogens (tertiary/aromatic N) is 2. The van der Waals surface area contributed by atoms with Crippen molar-refractivity contribution in [1.82, 2.24) is 9.80 Å². The highest BCUT2D eigenvalue weighted by molar-refractivity contribution is 9.11. The van der Waals surface area contributed by atoms with Crippen molar-refractivity contribution >= 4 is 27.3 Å². The Labute approximate surface area is 129 Å². The normalized spacial score (nSPS) is 15.2. The molecule has 110 valence electrons. The Morgan fingerprint density at radius 1 is 1.26 bits per heavy atom. The molecule has 3 nitrogen and oxygen atoms in total. The van der Waals surface area contributed by atoms with Gasteiger partial charge in [0.2, 0.25) is 0 Å². The van der Waals surface area contributed by atoms with E-state index in [-0.39, 0.29) is 6.04 Å². The van der Waals surface area contributed by atoms with Crippen molar-refractivity contribution in [2.45, 2.75) is 31.8 Å². The Morgan fingerprint density at radius 3 is 2.42 bits per heavy atom. The number of thiophene rings is 1. The van der Waals surface area contributed by atoms with Crippen LogP contribution >= 0.6 is 27.3 Å². The molecule has 0 aliphatic carbocycles. The fourth-order valence-corrected chi connectivity index (χ4v) is 3.91. The van der Waals surface area contributed by atoms with E-state index in [2.05, 4.69) is 65.9 Å². The van der Waals surface area contributed by atoms with Crippen LogP contribution in [-0.4, -0.2) is 50.1 Å². The van der Waals surface area contributed by atoms with Gasteiger partial charge in [0.1, 0.15) is 0 Å². The van der Waals surface area contributed by atoms with Gasteiger partial charge in [-0.2, -0.15) is 0 Å². The van der Waals surface area contributed by atoms with Gasteiger partial charge in [-0.3, -0.25) is 4.90 Å². The van der Waals surface area contributed by atoms with Crippen LogP contribution in [0.5, 0.6) is 0 Å². The van der Waals surface area contributed by atoms with Crippen LogP contribution in [0.4, 0.5) is 0 Å². The first-order chi connectivity index (χ1) is 8.95. The SMILES string of the molecule is CCC(N)C(c1ccc(Br)s1)N(C)CCCN(C)C. The van der Waals surface area contributed by atoms with Gasteiger partial charge < -0.3 is 10.6 Å². The van der Waals surface area contributed by atoms with Crippen LogP contribution in [0.1, 0.15) is 30.7 Å². The molecule has 0 saturated carbocycles. The smallest absolute Gasteiger partial charge is 0.0702 e. The molecule has 0 aromatic carbocycles. The molecule has 1 rings (SSSR count). The quantitative estimate of drug-likeness (QED) is 0.783. The van der Waals surface area contributed by atoms with Gasteiger partial charge >= 0.3 is 0 Å². The molecule has 0 fully saturated rings. The van der Waals surface area contributed by atoms with E-state index in [1.165, 1.54) is 15.1 Å². The standard InChI is InChI=1S/C14H26BrN3S/c1-5-11(16)14(12-7-8-13(15)19-12)18(4)10-6-9-17(2)3/h7-8,11,14H,5-6,9-10,16H2,1-4H3. The van der Waals surface area contributed by atoms with Gasteiger partial charge in [-0.05, 0) is 75.1 Å². The fourth-order valence-electron chi connectivity index (χ4n) is 2.24. The van der Waals surface area contributed by atoms with Crippen LogP contribution in [0.3, 0.4) is 0 Å². The van der Waals surface area contributed by atoms with Crippen LogP contribution in [-0.2, 0) is 0 Å². The zero-order valence-electron chi connectivity index (χ0n) is 12.4. The maximum Gasteiger partial charge on any atom is 0.0702 e. The third kappa shape index (κ3) is 5.52. The second-order valence-electron chi connectivity index (χ2n) is 5.30. The van der Waals surface area contributed by atoms with Crippen molar-refractivity contribution in [2.24, 2.45) is 5.73 Å². The van der Waals surface area contributed by atoms with E-state index in [1.807, 2.05) is 0 Å². The summed E-state index contributed by atoms with van der Waals surface area (Å²) in [6.45, 7) is 4.35. The van der Waals surface area contributed by atoms with Gasteiger partial charge in [0.15, 0.2) is 0 Å². The molecule has 0 radical (unpaired) electrons. The highest BCUT2D eigenvalue weighted by Crippen LogP contribution is 2.32. The van der Waals surface area contributed by atoms with E-state index < -0.39 is 0 Å². The molecule has 0 saturated heterocycles. The molecule has 1 aromatic rings. The molecule has 0 aliphatic heterocycles. The topological polar surface area (TPSA) is 32.5 Å². The van der Waals surface area contributed by atoms with Crippen molar-refractivity contribution in [3.05, 3.63) is 20.8 Å². The van der Waals surface area contributed by atoms with E-state index >= 15 is 0 Å². The van der Waals surface area contributed by atoms with Crippen LogP contribution in [0.2, 0.25) is 0 Å². The first-order valence-corrected chi connectivity index (χ1v) is 8.42. The van der Waals surface area contributed by atoms with Crippen LogP contribution in [0, 0.1) is 0 Å². The van der Waals surface area contributed by atoms with Gasteiger partial charge in [-0.15, -0.1) is 11.3 Å². The third-order valence-corrected chi connectivity index (χ3v) is 5.05. The molecule has 2 atom stereocenters. The van der Waals surface area contributed by atoms with Crippen molar-refractivity contribution < 1.29 is 0 Å². The number of likely N-dealkylation sites (N-methyl/N-ethyl adjacent to an activating group) is 1. The second kappa shape index (κ2) is 8.37. The van der Waals surface area contributed by atoms with Gasteiger partial charge in [-0.1, -0.05) is 6.92 Å². The van der Waals surface area contributed by atoms with E-state index in [9.17, 15) is 0 Å². The lowest BCUT2D eigenvalue weighted by atomic mass is 10.0. The first kappa shape index (κ1) is 17.1. The second-order valence-corrected chi connectivity index (χ2v) is 7.79. The highest BCUT2D eigenvalue weighted by atomic mass is 79.9. The van der Waals surface area contributed by atoms with E-state index in [1.54, 1.807) is 11.3 Å². The minimum Gasteiger partial charge on any atom is -0.326 e. The summed E-state index contributed by atoms with van der Waals surface area (Å²) in [5.41, 5.74) is 6.33. The predicted molar refractivity (Wildman–Crippen MR) is 88.8 cm³/mol. The number of hydrogen-bond donors (Lipinski definition) is 1. The monoisotopic (exact) mass is 347 g/mol. The summed E-state index contributed by atoms with van der Waals surface area (Å²) >= 11 is 5.34. The van der Waals surface area contributed by atoms with Crippen molar-refractivity contribution in [3.63, 3.8) is 0 Å². The zero-order chi connectivity index (χ0) is 14.4. The number of halogens is 1. The highest BCUT2D eigenvalue weighted by Gasteiger charge is 2.24. The fraction of sp³-hybridized carbons (Fsp3) is 0.714. The van der Waals surface area contributed by atoms with Gasteiger partial charge in [0, 0.05) is 10.9 Å². The first-order valence-electron chi connectivity index (χ1n) is 6.81. The van der Waals surface area contributed by atoms with E-state index in [4.69, 9.17) is 5.73 Å². The summed E-state index contributed by atoms with van der Waals surface area (Å²) in [7, 11) is 6.42. The summed E-state index contributed by atoms with van der Waals surface area (Å²) in [4.78, 5) is 5.98. The Bertz CT molecular complexity index is 367. The Kier molecular flexibility index (Phi) is 7.54. The molecular formula is C14H26BrN3S. The Morgan fingerprint density at radius 2 is 1.95 bits per heavy atom. The van der Waals surface area contributed by atoms with Gasteiger partial charge in [0.25, 0.3) is 0 Å². The van der Waals surface area contributed by atoms with Gasteiger partial charge in [-0.25, -0.2) is 0 Å². The summed E-state index contributed by atoms with van der Waals surface area (Å²) in [5.74, 6) is 0. The molecule has 0 bridgehead atoms. The summed E-state index contributed by atoms with van der Waals surface area (Å²) in [5, 5.41) is 0. The lowest BCUT2D eigenvalue weighted by Crippen LogP contribution is -2.39. The van der Waals surface area contributed by atoms with Crippen molar-refractivity contribution in [1.29, 1.82) is 0 Å². The largest absolute Gasteiger partial charge is 0.326 e. The van der Waals surface area contributed by atoms with Gasteiger partial charge in [0.05, 0.1) is 9.83 Å². The summed E-state index contributed by atoms with van der Waals surface area (Å²) in [6, 6.07) is 4.82. The Balaban J connectivity index is 2.68. The van der Waals surface area contributed by atoms with Crippen molar-refractivity contribution in [2.75, 3.05) is 34.2 Å². The number of nitrogens with two attached hydrogens (primary N) is 1. The lowest BCUT2D eigenvalue weighted by molar-refractivity contribution is 0.203. The maximum absolute atomic E-state index is 6.33. The third-order valence-electron chi connectivity index (χ3n) is 3.35. The van der Waals surface area contributed by atoms with Crippen LogP contribution in [0.25, 0.3) is 0 Å². The lowest BCUT2D eigenvalue weighted by Gasteiger charge is -2.32. The van der Waals surface area contributed by atoms with Crippen molar-refractivity contribution in [3.8, 4) is 0 Å². The molecule has 19 heavy (non-hydrogen) atoms. The van der Waals surface area contributed by atoms with Crippen LogP contribution < -0.4 is 5.73 Å². The molecule has 0 spiro atoms. The zero-order valence-corrected chi connectivity index (χ0v) is 14.8. The predicted octanol–water partition coefficient (Wildman–Crippen LogP) is 3.17. The summed E-state index contributed by atoms with van der Waals surface area (Å²) in [6.07, 6.45) is 2.17. The van der Waals surface area contributed by atoms with E-state index in [0.29, 0.717) is 6.04 Å². The summed E-state index contributed by atoms with van der Waals surface area (Å²) < 4.78 is 1.18. The number of rotatable bonds is 8. The minimum absolute atomic E-state index is 0.190. The maximum atomic E-state index is 6.33. The minimum atomic E-state index is 0.190. The molecule has 0 aliphatic rings. The molecule has 1 heterocycles. The molecule has 5 heteroatoms. The Hall–Kier alpha value is 0.0600. The molecule has 2 N–H and O–H groups in total.